The topological polar surface area (TPSA) is 65.1 Å². The molecule has 0 aliphatic rings. The van der Waals surface area contributed by atoms with E-state index in [-0.39, 0.29) is 11.9 Å². The fourth-order valence-corrected chi connectivity index (χ4v) is 8.14. The molecule has 0 aromatic carbocycles. The Bertz CT molecular complexity index is 816. The molecule has 0 N–H and O–H groups in total. The molecule has 1 unspecified atom stereocenters. The molecule has 340 valence electrons. The lowest BCUT2D eigenvalue weighted by atomic mass is 9.92. The summed E-state index contributed by atoms with van der Waals surface area (Å²) < 4.78 is 17.8. The van der Waals surface area contributed by atoms with Crippen LogP contribution in [0.15, 0.2) is 0 Å². The van der Waals surface area contributed by atoms with E-state index in [1.165, 1.54) is 154 Å². The highest BCUT2D eigenvalue weighted by atomic mass is 16.5. The molecule has 0 aromatic rings. The molecule has 0 aromatic heterocycles. The number of esters is 2. The summed E-state index contributed by atoms with van der Waals surface area (Å²) in [5.41, 5.74) is 0. The molecule has 1 atom stereocenters. The van der Waals surface area contributed by atoms with Gasteiger partial charge >= 0.3 is 11.9 Å². The minimum atomic E-state index is 0.00172. The Kier molecular flexibility index (Phi) is 43.5. The van der Waals surface area contributed by atoms with E-state index in [1.54, 1.807) is 0 Å². The average molecular weight is 808 g/mol. The molecule has 0 bridgehead atoms. The summed E-state index contributed by atoms with van der Waals surface area (Å²) in [4.78, 5) is 27.2. The predicted molar refractivity (Wildman–Crippen MR) is 246 cm³/mol. The van der Waals surface area contributed by atoms with Crippen LogP contribution in [0.1, 0.15) is 259 Å². The van der Waals surface area contributed by atoms with E-state index in [0.717, 1.165) is 83.4 Å². The van der Waals surface area contributed by atoms with Crippen molar-refractivity contribution in [3.05, 3.63) is 0 Å². The quantitative estimate of drug-likeness (QED) is 0.0451. The summed E-state index contributed by atoms with van der Waals surface area (Å²) in [7, 11) is 2.19. The monoisotopic (exact) mass is 808 g/mol. The average Bonchev–Trinajstić information content (AvgIpc) is 3.20. The van der Waals surface area contributed by atoms with E-state index >= 15 is 0 Å². The number of ether oxygens (including phenoxy) is 3. The molecule has 0 saturated heterocycles. The molecule has 0 amide bonds. The highest BCUT2D eigenvalue weighted by molar-refractivity contribution is 5.69. The number of rotatable bonds is 46. The van der Waals surface area contributed by atoms with Gasteiger partial charge in [-0.15, -0.1) is 0 Å². The molecule has 6 heteroatoms. The van der Waals surface area contributed by atoms with E-state index in [4.69, 9.17) is 14.2 Å². The molecule has 0 radical (unpaired) electrons. The zero-order valence-corrected chi connectivity index (χ0v) is 39.5. The van der Waals surface area contributed by atoms with Crippen molar-refractivity contribution in [1.29, 1.82) is 0 Å². The Morgan fingerprint density at radius 1 is 0.404 bits per heavy atom. The molecule has 0 spiro atoms. The second kappa shape index (κ2) is 44.4. The fourth-order valence-electron chi connectivity index (χ4n) is 8.14. The first-order valence-corrected chi connectivity index (χ1v) is 25.5. The van der Waals surface area contributed by atoms with Crippen LogP contribution in [0.2, 0.25) is 0 Å². The van der Waals surface area contributed by atoms with Gasteiger partial charge in [0.15, 0.2) is 0 Å². The molecule has 0 aliphatic carbocycles. The van der Waals surface area contributed by atoms with Gasteiger partial charge in [-0.05, 0) is 83.3 Å². The van der Waals surface area contributed by atoms with Crippen molar-refractivity contribution in [3.8, 4) is 0 Å². The Morgan fingerprint density at radius 3 is 1.16 bits per heavy atom. The second-order valence-electron chi connectivity index (χ2n) is 17.8. The van der Waals surface area contributed by atoms with Crippen molar-refractivity contribution in [2.75, 3.05) is 40.0 Å². The van der Waals surface area contributed by atoms with Gasteiger partial charge < -0.3 is 19.1 Å². The van der Waals surface area contributed by atoms with Gasteiger partial charge in [-0.3, -0.25) is 9.59 Å². The molecule has 0 saturated carbocycles. The number of unbranched alkanes of at least 4 members (excludes halogenated alkanes) is 18. The maximum Gasteiger partial charge on any atom is 0.305 e. The van der Waals surface area contributed by atoms with E-state index in [0.29, 0.717) is 38.1 Å². The number of hydrogen-bond acceptors (Lipinski definition) is 6. The van der Waals surface area contributed by atoms with Gasteiger partial charge in [-0.25, -0.2) is 0 Å². The number of nitrogens with zero attached hydrogens (tertiary/aromatic N) is 1. The number of hydrogen-bond donors (Lipinski definition) is 0. The Hall–Kier alpha value is -1.14. The standard InChI is InChI=1S/C51H101NO5/c1-7-12-23-33-47(34-24-13-8-2)41-45-56-50(53)39-29-21-17-16-19-27-37-49(55-44-32-31-43-52(6)11-5)38-28-20-18-22-30-40-51(54)57-46-42-48(35-25-14-9-3)36-26-15-10-4/h47-49H,7-46H2,1-6H3. The summed E-state index contributed by atoms with van der Waals surface area (Å²) >= 11 is 0. The van der Waals surface area contributed by atoms with Gasteiger partial charge in [0.25, 0.3) is 0 Å². The Balaban J connectivity index is 4.26. The van der Waals surface area contributed by atoms with Crippen molar-refractivity contribution in [1.82, 2.24) is 4.90 Å². The van der Waals surface area contributed by atoms with Gasteiger partial charge in [-0.1, -0.05) is 195 Å². The first kappa shape index (κ1) is 55.9. The van der Waals surface area contributed by atoms with Crippen LogP contribution in [-0.4, -0.2) is 62.9 Å². The maximum absolute atomic E-state index is 12.4. The van der Waals surface area contributed by atoms with Crippen LogP contribution in [0, 0.1) is 11.8 Å². The van der Waals surface area contributed by atoms with Gasteiger partial charge in [0, 0.05) is 19.4 Å². The van der Waals surface area contributed by atoms with Crippen LogP contribution in [0.3, 0.4) is 0 Å². The number of carbonyl (C=O) groups is 2. The molecule has 0 aliphatic heterocycles. The van der Waals surface area contributed by atoms with Crippen LogP contribution < -0.4 is 0 Å². The van der Waals surface area contributed by atoms with Crippen molar-refractivity contribution >= 4 is 11.9 Å². The summed E-state index contributed by atoms with van der Waals surface area (Å²) in [5.74, 6) is 1.44. The highest BCUT2D eigenvalue weighted by Crippen LogP contribution is 2.23. The van der Waals surface area contributed by atoms with Gasteiger partial charge in [-0.2, -0.15) is 0 Å². The van der Waals surface area contributed by atoms with Crippen molar-refractivity contribution in [2.45, 2.75) is 265 Å². The zero-order valence-electron chi connectivity index (χ0n) is 39.5. The lowest BCUT2D eigenvalue weighted by Gasteiger charge is -2.19. The highest BCUT2D eigenvalue weighted by Gasteiger charge is 2.13. The zero-order chi connectivity index (χ0) is 41.9. The minimum Gasteiger partial charge on any atom is -0.466 e. The molecule has 57 heavy (non-hydrogen) atoms. The van der Waals surface area contributed by atoms with Crippen LogP contribution in [0.4, 0.5) is 0 Å². The van der Waals surface area contributed by atoms with Gasteiger partial charge in [0.1, 0.15) is 0 Å². The number of carbonyl (C=O) groups excluding carboxylic acids is 2. The van der Waals surface area contributed by atoms with Crippen LogP contribution in [0.5, 0.6) is 0 Å². The molecular formula is C51H101NO5. The molecule has 0 fully saturated rings. The SMILES string of the molecule is CCCCCC(CCCCC)CCOC(=O)CCCCCCCCC(CCCCCCCC(=O)OCCC(CCCCC)CCCCC)OCCCCN(C)CC. The first-order chi connectivity index (χ1) is 27.9. The second-order valence-corrected chi connectivity index (χ2v) is 17.8. The summed E-state index contributed by atoms with van der Waals surface area (Å²) in [6.07, 6.45) is 41.6. The third kappa shape index (κ3) is 40.1. The third-order valence-electron chi connectivity index (χ3n) is 12.3. The Morgan fingerprint density at radius 2 is 0.772 bits per heavy atom. The summed E-state index contributed by atoms with van der Waals surface area (Å²) in [6.45, 7) is 15.6. The normalized spacial score (nSPS) is 12.3. The Labute approximate surface area is 356 Å². The van der Waals surface area contributed by atoms with Gasteiger partial charge in [0.2, 0.25) is 0 Å². The molecular weight excluding hydrogens is 707 g/mol. The summed E-state index contributed by atoms with van der Waals surface area (Å²) in [5, 5.41) is 0. The predicted octanol–water partition coefficient (Wildman–Crippen LogP) is 15.4. The molecule has 0 heterocycles. The van der Waals surface area contributed by atoms with Gasteiger partial charge in [0.05, 0.1) is 19.3 Å². The molecule has 0 rings (SSSR count). The van der Waals surface area contributed by atoms with Crippen molar-refractivity contribution < 1.29 is 23.8 Å². The molecule has 6 nitrogen and oxygen atoms in total. The van der Waals surface area contributed by atoms with E-state index in [2.05, 4.69) is 46.6 Å². The lowest BCUT2D eigenvalue weighted by Crippen LogP contribution is -2.20. The fraction of sp³-hybridized carbons (Fsp3) is 0.961. The lowest BCUT2D eigenvalue weighted by molar-refractivity contribution is -0.145. The van der Waals surface area contributed by atoms with Crippen LogP contribution >= 0.6 is 0 Å². The van der Waals surface area contributed by atoms with E-state index in [9.17, 15) is 9.59 Å². The first-order valence-electron chi connectivity index (χ1n) is 25.5. The largest absolute Gasteiger partial charge is 0.466 e. The maximum atomic E-state index is 12.4. The van der Waals surface area contributed by atoms with E-state index < -0.39 is 0 Å². The van der Waals surface area contributed by atoms with E-state index in [1.807, 2.05) is 0 Å². The third-order valence-corrected chi connectivity index (χ3v) is 12.3. The van der Waals surface area contributed by atoms with Crippen LogP contribution in [0.25, 0.3) is 0 Å². The van der Waals surface area contributed by atoms with Crippen molar-refractivity contribution in [3.63, 3.8) is 0 Å². The smallest absolute Gasteiger partial charge is 0.305 e. The summed E-state index contributed by atoms with van der Waals surface area (Å²) in [6, 6.07) is 0. The van der Waals surface area contributed by atoms with Crippen molar-refractivity contribution in [2.24, 2.45) is 11.8 Å². The minimum absolute atomic E-state index is 0.00172. The van der Waals surface area contributed by atoms with Crippen LogP contribution in [-0.2, 0) is 23.8 Å².